The lowest BCUT2D eigenvalue weighted by atomic mass is 10.1. The minimum Gasteiger partial charge on any atom is -0.497 e. The van der Waals surface area contributed by atoms with Gasteiger partial charge in [0, 0.05) is 32.1 Å². The lowest BCUT2D eigenvalue weighted by Gasteiger charge is -2.23. The molecule has 0 unspecified atom stereocenters. The van der Waals surface area contributed by atoms with Crippen molar-refractivity contribution in [3.05, 3.63) is 59.7 Å². The van der Waals surface area contributed by atoms with Gasteiger partial charge in [0.15, 0.2) is 0 Å². The first-order valence-electron chi connectivity index (χ1n) is 9.30. The number of nitrogens with one attached hydrogen (secondary N) is 1. The summed E-state index contributed by atoms with van der Waals surface area (Å²) in [5, 5.41) is 2.93. The standard InChI is InChI=1S/C22H28N2O3/c1-4-19-9-5-6-11-21(19)24(17(2)25)15-13-22(26)23-14-12-18-8-7-10-20(16-18)27-3/h5-11,16H,4,12-15H2,1-3H3,(H,23,26). The van der Waals surface area contributed by atoms with Crippen molar-refractivity contribution >= 4 is 17.5 Å². The third-order valence-electron chi connectivity index (χ3n) is 4.48. The van der Waals surface area contributed by atoms with E-state index >= 15 is 0 Å². The van der Waals surface area contributed by atoms with E-state index in [1.165, 1.54) is 6.92 Å². The van der Waals surface area contributed by atoms with Crippen LogP contribution in [0.25, 0.3) is 0 Å². The van der Waals surface area contributed by atoms with Crippen LogP contribution < -0.4 is 15.0 Å². The van der Waals surface area contributed by atoms with Crippen LogP contribution in [-0.4, -0.2) is 32.0 Å². The molecule has 2 amide bonds. The van der Waals surface area contributed by atoms with Crippen molar-refractivity contribution in [1.82, 2.24) is 5.32 Å². The van der Waals surface area contributed by atoms with Crippen molar-refractivity contribution in [2.75, 3.05) is 25.1 Å². The van der Waals surface area contributed by atoms with Gasteiger partial charge in [-0.05, 0) is 42.2 Å². The summed E-state index contributed by atoms with van der Waals surface area (Å²) in [6, 6.07) is 15.6. The normalized spacial score (nSPS) is 10.3. The van der Waals surface area contributed by atoms with Crippen LogP contribution in [0.4, 0.5) is 5.69 Å². The highest BCUT2D eigenvalue weighted by Gasteiger charge is 2.15. The number of carbonyl (C=O) groups is 2. The Labute approximate surface area is 161 Å². The molecule has 5 nitrogen and oxygen atoms in total. The SMILES string of the molecule is CCc1ccccc1N(CCC(=O)NCCc1cccc(OC)c1)C(C)=O. The summed E-state index contributed by atoms with van der Waals surface area (Å²) in [5.41, 5.74) is 3.10. The van der Waals surface area contributed by atoms with Gasteiger partial charge in [-0.3, -0.25) is 9.59 Å². The van der Waals surface area contributed by atoms with Crippen molar-refractivity contribution in [2.24, 2.45) is 0 Å². The van der Waals surface area contributed by atoms with Crippen LogP contribution in [0.5, 0.6) is 5.75 Å². The quantitative estimate of drug-likeness (QED) is 0.738. The number of hydrogen-bond acceptors (Lipinski definition) is 3. The van der Waals surface area contributed by atoms with Crippen LogP contribution in [0.2, 0.25) is 0 Å². The monoisotopic (exact) mass is 368 g/mol. The van der Waals surface area contributed by atoms with Crippen molar-refractivity contribution in [3.63, 3.8) is 0 Å². The third-order valence-corrected chi connectivity index (χ3v) is 4.48. The molecule has 0 fully saturated rings. The number of aryl methyl sites for hydroxylation is 1. The highest BCUT2D eigenvalue weighted by Crippen LogP contribution is 2.21. The van der Waals surface area contributed by atoms with Gasteiger partial charge in [-0.1, -0.05) is 37.3 Å². The van der Waals surface area contributed by atoms with E-state index in [4.69, 9.17) is 4.74 Å². The molecule has 2 aromatic rings. The zero-order chi connectivity index (χ0) is 19.6. The Bertz CT molecular complexity index is 774. The summed E-state index contributed by atoms with van der Waals surface area (Å²) in [6.45, 7) is 4.52. The number of hydrogen-bond donors (Lipinski definition) is 1. The molecule has 0 saturated carbocycles. The van der Waals surface area contributed by atoms with Gasteiger partial charge in [-0.2, -0.15) is 0 Å². The van der Waals surface area contributed by atoms with Crippen molar-refractivity contribution < 1.29 is 14.3 Å². The topological polar surface area (TPSA) is 58.6 Å². The minimum absolute atomic E-state index is 0.0555. The summed E-state index contributed by atoms with van der Waals surface area (Å²) in [5.74, 6) is 0.698. The molecule has 0 spiro atoms. The molecule has 0 saturated heterocycles. The van der Waals surface area contributed by atoms with Crippen LogP contribution in [0, 0.1) is 0 Å². The molecule has 2 rings (SSSR count). The van der Waals surface area contributed by atoms with Crippen LogP contribution in [0.3, 0.4) is 0 Å². The van der Waals surface area contributed by atoms with E-state index in [2.05, 4.69) is 12.2 Å². The van der Waals surface area contributed by atoms with E-state index in [9.17, 15) is 9.59 Å². The maximum Gasteiger partial charge on any atom is 0.223 e. The summed E-state index contributed by atoms with van der Waals surface area (Å²) in [4.78, 5) is 25.9. The molecule has 0 aliphatic heterocycles. The molecule has 2 aromatic carbocycles. The predicted octanol–water partition coefficient (Wildman–Crippen LogP) is 3.36. The second-order valence-corrected chi connectivity index (χ2v) is 6.35. The minimum atomic E-state index is -0.0573. The van der Waals surface area contributed by atoms with Gasteiger partial charge in [0.1, 0.15) is 5.75 Å². The fraction of sp³-hybridized carbons (Fsp3) is 0.364. The number of methoxy groups -OCH3 is 1. The van der Waals surface area contributed by atoms with E-state index in [0.29, 0.717) is 13.1 Å². The van der Waals surface area contributed by atoms with Gasteiger partial charge in [0.25, 0.3) is 0 Å². The van der Waals surface area contributed by atoms with Crippen LogP contribution in [0.1, 0.15) is 31.4 Å². The number of anilines is 1. The first-order chi connectivity index (χ1) is 13.0. The smallest absolute Gasteiger partial charge is 0.223 e. The van der Waals surface area contributed by atoms with Crippen molar-refractivity contribution in [2.45, 2.75) is 33.1 Å². The zero-order valence-corrected chi connectivity index (χ0v) is 16.3. The van der Waals surface area contributed by atoms with E-state index < -0.39 is 0 Å². The Kier molecular flexibility index (Phi) is 7.86. The first-order valence-corrected chi connectivity index (χ1v) is 9.30. The molecule has 5 heteroatoms. The predicted molar refractivity (Wildman–Crippen MR) is 108 cm³/mol. The van der Waals surface area contributed by atoms with E-state index in [0.717, 1.165) is 35.4 Å². The molecule has 0 aliphatic carbocycles. The average Bonchev–Trinajstić information content (AvgIpc) is 2.68. The van der Waals surface area contributed by atoms with Gasteiger partial charge in [-0.15, -0.1) is 0 Å². The molecule has 0 bridgehead atoms. The van der Waals surface area contributed by atoms with Crippen molar-refractivity contribution in [1.29, 1.82) is 0 Å². The molecule has 144 valence electrons. The Balaban J connectivity index is 1.86. The summed E-state index contributed by atoms with van der Waals surface area (Å²) in [6.07, 6.45) is 1.85. The lowest BCUT2D eigenvalue weighted by Crippen LogP contribution is -2.35. The molecule has 0 aromatic heterocycles. The Morgan fingerprint density at radius 1 is 1.11 bits per heavy atom. The van der Waals surface area contributed by atoms with Crippen LogP contribution in [-0.2, 0) is 22.4 Å². The summed E-state index contributed by atoms with van der Waals surface area (Å²) >= 11 is 0. The van der Waals surface area contributed by atoms with Gasteiger partial charge in [0.2, 0.25) is 11.8 Å². The fourth-order valence-corrected chi connectivity index (χ4v) is 3.00. The number of ether oxygens (including phenoxy) is 1. The Hall–Kier alpha value is -2.82. The number of para-hydroxylation sites is 1. The van der Waals surface area contributed by atoms with Gasteiger partial charge in [0.05, 0.1) is 7.11 Å². The zero-order valence-electron chi connectivity index (χ0n) is 16.3. The fourth-order valence-electron chi connectivity index (χ4n) is 3.00. The molecule has 0 aliphatic rings. The number of amides is 2. The van der Waals surface area contributed by atoms with E-state index in [1.807, 2.05) is 48.5 Å². The number of benzene rings is 2. The highest BCUT2D eigenvalue weighted by molar-refractivity contribution is 5.93. The average molecular weight is 368 g/mol. The molecule has 1 N–H and O–H groups in total. The number of nitrogens with zero attached hydrogens (tertiary/aromatic N) is 1. The third kappa shape index (κ3) is 6.13. The Morgan fingerprint density at radius 2 is 1.89 bits per heavy atom. The second kappa shape index (κ2) is 10.4. The largest absolute Gasteiger partial charge is 0.497 e. The summed E-state index contributed by atoms with van der Waals surface area (Å²) in [7, 11) is 1.64. The van der Waals surface area contributed by atoms with Crippen LogP contribution in [0.15, 0.2) is 48.5 Å². The Morgan fingerprint density at radius 3 is 2.59 bits per heavy atom. The van der Waals surface area contributed by atoms with Gasteiger partial charge < -0.3 is 15.0 Å². The molecule has 0 radical (unpaired) electrons. The summed E-state index contributed by atoms with van der Waals surface area (Å²) < 4.78 is 5.21. The van der Waals surface area contributed by atoms with E-state index in [-0.39, 0.29) is 18.2 Å². The van der Waals surface area contributed by atoms with Crippen LogP contribution >= 0.6 is 0 Å². The van der Waals surface area contributed by atoms with E-state index in [1.54, 1.807) is 12.0 Å². The van der Waals surface area contributed by atoms with Gasteiger partial charge in [-0.25, -0.2) is 0 Å². The first kappa shape index (κ1) is 20.5. The highest BCUT2D eigenvalue weighted by atomic mass is 16.5. The maximum absolute atomic E-state index is 12.2. The maximum atomic E-state index is 12.2. The number of rotatable bonds is 9. The number of carbonyl (C=O) groups excluding carboxylic acids is 2. The van der Waals surface area contributed by atoms with Crippen molar-refractivity contribution in [3.8, 4) is 5.75 Å². The molecule has 0 atom stereocenters. The second-order valence-electron chi connectivity index (χ2n) is 6.35. The molecule has 0 heterocycles. The molecule has 27 heavy (non-hydrogen) atoms. The molecular weight excluding hydrogens is 340 g/mol. The lowest BCUT2D eigenvalue weighted by molar-refractivity contribution is -0.121. The van der Waals surface area contributed by atoms with Gasteiger partial charge >= 0.3 is 0 Å². The molecular formula is C22H28N2O3.